The van der Waals surface area contributed by atoms with E-state index in [-0.39, 0.29) is 26.2 Å². The molecule has 13 heavy (non-hydrogen) atoms. The highest BCUT2D eigenvalue weighted by Gasteiger charge is 2.13. The summed E-state index contributed by atoms with van der Waals surface area (Å²) < 4.78 is 0. The number of halogens is 3. The van der Waals surface area contributed by atoms with Gasteiger partial charge in [-0.3, -0.25) is 4.79 Å². The zero-order valence-corrected chi connectivity index (χ0v) is 8.41. The maximum absolute atomic E-state index is 10.5. The molecule has 0 aliphatic rings. The quantitative estimate of drug-likeness (QED) is 0.699. The lowest BCUT2D eigenvalue weighted by molar-refractivity contribution is 0.112. The fourth-order valence-electron chi connectivity index (χ4n) is 0.816. The van der Waals surface area contributed by atoms with Gasteiger partial charge in [-0.1, -0.05) is 34.8 Å². The van der Waals surface area contributed by atoms with Gasteiger partial charge in [-0.2, -0.15) is 5.26 Å². The molecule has 66 valence electrons. The van der Waals surface area contributed by atoms with Gasteiger partial charge in [-0.05, 0) is 6.07 Å². The van der Waals surface area contributed by atoms with E-state index in [4.69, 9.17) is 40.1 Å². The number of nitrogens with zero attached hydrogens (tertiary/aromatic N) is 1. The molecule has 0 aliphatic carbocycles. The molecule has 0 atom stereocenters. The van der Waals surface area contributed by atoms with Crippen molar-refractivity contribution >= 4 is 41.1 Å². The van der Waals surface area contributed by atoms with Crippen molar-refractivity contribution in [1.29, 1.82) is 5.26 Å². The van der Waals surface area contributed by atoms with E-state index in [1.54, 1.807) is 6.07 Å². The monoisotopic (exact) mass is 233 g/mol. The lowest BCUT2D eigenvalue weighted by Gasteiger charge is -2.03. The number of rotatable bonds is 1. The van der Waals surface area contributed by atoms with Gasteiger partial charge < -0.3 is 0 Å². The van der Waals surface area contributed by atoms with E-state index in [1.807, 2.05) is 0 Å². The van der Waals surface area contributed by atoms with Crippen molar-refractivity contribution in [3.63, 3.8) is 0 Å². The zero-order valence-electron chi connectivity index (χ0n) is 6.14. The van der Waals surface area contributed by atoms with Crippen LogP contribution in [-0.4, -0.2) is 6.29 Å². The molecular formula is C8H2Cl3NO. The highest BCUT2D eigenvalue weighted by Crippen LogP contribution is 2.32. The summed E-state index contributed by atoms with van der Waals surface area (Å²) in [5.74, 6) is 0. The third-order valence-corrected chi connectivity index (χ3v) is 2.44. The lowest BCUT2D eigenvalue weighted by atomic mass is 10.1. The Kier molecular flexibility index (Phi) is 3.16. The second kappa shape index (κ2) is 3.97. The number of hydrogen-bond donors (Lipinski definition) is 0. The van der Waals surface area contributed by atoms with E-state index in [0.717, 1.165) is 0 Å². The molecule has 0 unspecified atom stereocenters. The van der Waals surface area contributed by atoms with Gasteiger partial charge >= 0.3 is 0 Å². The summed E-state index contributed by atoms with van der Waals surface area (Å²) in [6.07, 6.45) is 0.488. The van der Waals surface area contributed by atoms with Gasteiger partial charge in [0.15, 0.2) is 6.29 Å². The first-order valence-electron chi connectivity index (χ1n) is 3.14. The average Bonchev–Trinajstić information content (AvgIpc) is 2.04. The third-order valence-electron chi connectivity index (χ3n) is 1.44. The number of hydrogen-bond acceptors (Lipinski definition) is 2. The molecular weight excluding hydrogens is 232 g/mol. The SMILES string of the molecule is N#Cc1c(Cl)cc(Cl)c(C=O)c1Cl. The van der Waals surface area contributed by atoms with Crippen LogP contribution in [-0.2, 0) is 0 Å². The normalized spacial score (nSPS) is 9.38. The number of nitriles is 1. The summed E-state index contributed by atoms with van der Waals surface area (Å²) in [6, 6.07) is 3.10. The van der Waals surface area contributed by atoms with Gasteiger partial charge in [0.2, 0.25) is 0 Å². The van der Waals surface area contributed by atoms with Gasteiger partial charge in [0, 0.05) is 0 Å². The fourth-order valence-corrected chi connectivity index (χ4v) is 1.75. The molecule has 0 radical (unpaired) electrons. The van der Waals surface area contributed by atoms with E-state index >= 15 is 0 Å². The summed E-state index contributed by atoms with van der Waals surface area (Å²) in [6.45, 7) is 0. The van der Waals surface area contributed by atoms with Crippen molar-refractivity contribution in [3.8, 4) is 6.07 Å². The van der Waals surface area contributed by atoms with Crippen LogP contribution in [0.3, 0.4) is 0 Å². The van der Waals surface area contributed by atoms with Crippen LogP contribution < -0.4 is 0 Å². The Morgan fingerprint density at radius 2 is 1.92 bits per heavy atom. The van der Waals surface area contributed by atoms with Crippen molar-refractivity contribution < 1.29 is 4.79 Å². The molecule has 0 aromatic heterocycles. The molecule has 0 amide bonds. The maximum Gasteiger partial charge on any atom is 0.153 e. The highest BCUT2D eigenvalue weighted by atomic mass is 35.5. The fraction of sp³-hybridized carbons (Fsp3) is 0. The average molecular weight is 234 g/mol. The molecule has 0 spiro atoms. The Hall–Kier alpha value is -0.750. The summed E-state index contributed by atoms with van der Waals surface area (Å²) >= 11 is 17.0. The first kappa shape index (κ1) is 10.3. The van der Waals surface area contributed by atoms with E-state index < -0.39 is 0 Å². The molecule has 0 aliphatic heterocycles. The molecule has 0 bridgehead atoms. The van der Waals surface area contributed by atoms with Crippen molar-refractivity contribution in [2.45, 2.75) is 0 Å². The van der Waals surface area contributed by atoms with E-state index in [2.05, 4.69) is 0 Å². The Morgan fingerprint density at radius 1 is 1.31 bits per heavy atom. The summed E-state index contributed by atoms with van der Waals surface area (Å²) in [7, 11) is 0. The Morgan fingerprint density at radius 3 is 2.38 bits per heavy atom. The largest absolute Gasteiger partial charge is 0.298 e. The molecule has 0 N–H and O–H groups in total. The summed E-state index contributed by atoms with van der Waals surface area (Å²) in [5, 5.41) is 8.91. The van der Waals surface area contributed by atoms with Gasteiger partial charge in [0.1, 0.15) is 6.07 Å². The Balaban J connectivity index is 3.60. The van der Waals surface area contributed by atoms with E-state index in [0.29, 0.717) is 6.29 Å². The van der Waals surface area contributed by atoms with E-state index in [9.17, 15) is 4.79 Å². The van der Waals surface area contributed by atoms with Crippen LogP contribution in [0, 0.1) is 11.3 Å². The van der Waals surface area contributed by atoms with Crippen LogP contribution in [0.25, 0.3) is 0 Å². The van der Waals surface area contributed by atoms with Crippen molar-refractivity contribution in [2.24, 2.45) is 0 Å². The molecule has 5 heteroatoms. The van der Waals surface area contributed by atoms with Crippen molar-refractivity contribution in [2.75, 3.05) is 0 Å². The number of carbonyl (C=O) groups is 1. The molecule has 1 aromatic rings. The first-order chi connectivity index (χ1) is 6.11. The summed E-state index contributed by atoms with van der Waals surface area (Å²) in [5.41, 5.74) is 0.152. The number of carbonyl (C=O) groups excluding carboxylic acids is 1. The standard InChI is InChI=1S/C8H2Cl3NO/c9-6-1-7(10)5(3-13)8(11)4(6)2-12/h1,3H. The van der Waals surface area contributed by atoms with Crippen LogP contribution >= 0.6 is 34.8 Å². The van der Waals surface area contributed by atoms with Gasteiger partial charge in [0.25, 0.3) is 0 Å². The number of benzene rings is 1. The predicted octanol–water partition coefficient (Wildman–Crippen LogP) is 3.33. The topological polar surface area (TPSA) is 40.9 Å². The highest BCUT2D eigenvalue weighted by molar-refractivity contribution is 6.42. The molecule has 0 fully saturated rings. The van der Waals surface area contributed by atoms with Crippen LogP contribution in [0.2, 0.25) is 15.1 Å². The van der Waals surface area contributed by atoms with Crippen molar-refractivity contribution in [3.05, 3.63) is 32.3 Å². The Bertz CT molecular complexity index is 409. The number of aldehydes is 1. The smallest absolute Gasteiger partial charge is 0.153 e. The molecule has 1 rings (SSSR count). The minimum Gasteiger partial charge on any atom is -0.298 e. The van der Waals surface area contributed by atoms with E-state index in [1.165, 1.54) is 6.07 Å². The first-order valence-corrected chi connectivity index (χ1v) is 4.28. The molecule has 0 saturated carbocycles. The second-order valence-corrected chi connectivity index (χ2v) is 3.36. The minimum absolute atomic E-state index is 0.00463. The van der Waals surface area contributed by atoms with Gasteiger partial charge in [0.05, 0.1) is 26.2 Å². The molecule has 0 saturated heterocycles. The van der Waals surface area contributed by atoms with Gasteiger partial charge in [-0.25, -0.2) is 0 Å². The molecule has 0 heterocycles. The molecule has 1 aromatic carbocycles. The maximum atomic E-state index is 10.5. The molecule has 2 nitrogen and oxygen atoms in total. The lowest BCUT2D eigenvalue weighted by Crippen LogP contribution is -1.89. The van der Waals surface area contributed by atoms with Crippen LogP contribution in [0.15, 0.2) is 6.07 Å². The van der Waals surface area contributed by atoms with Crippen LogP contribution in [0.4, 0.5) is 0 Å². The summed E-state index contributed by atoms with van der Waals surface area (Å²) in [4.78, 5) is 10.5. The second-order valence-electron chi connectivity index (χ2n) is 2.17. The Labute approximate surface area is 89.6 Å². The predicted molar refractivity (Wildman–Crippen MR) is 51.6 cm³/mol. The zero-order chi connectivity index (χ0) is 10.0. The van der Waals surface area contributed by atoms with Gasteiger partial charge in [-0.15, -0.1) is 0 Å². The van der Waals surface area contributed by atoms with Crippen molar-refractivity contribution in [1.82, 2.24) is 0 Å². The van der Waals surface area contributed by atoms with Crippen LogP contribution in [0.1, 0.15) is 15.9 Å². The minimum atomic E-state index is -0.00463. The third kappa shape index (κ3) is 1.78. The van der Waals surface area contributed by atoms with Crippen LogP contribution in [0.5, 0.6) is 0 Å².